The van der Waals surface area contributed by atoms with E-state index >= 15 is 0 Å². The number of benzene rings is 2. The number of nitrogens with zero attached hydrogens (tertiary/aromatic N) is 1. The van der Waals surface area contributed by atoms with Crippen LogP contribution in [0.3, 0.4) is 0 Å². The minimum atomic E-state index is -0.262. The molecule has 0 spiro atoms. The number of nitrogens with one attached hydrogen (secondary N) is 2. The second-order valence-corrected chi connectivity index (χ2v) is 5.69. The van der Waals surface area contributed by atoms with Crippen molar-refractivity contribution in [3.05, 3.63) is 72.6 Å². The fourth-order valence-corrected chi connectivity index (χ4v) is 2.57. The molecule has 2 N–H and O–H groups in total. The van der Waals surface area contributed by atoms with Gasteiger partial charge in [-0.1, -0.05) is 0 Å². The van der Waals surface area contributed by atoms with E-state index in [0.717, 1.165) is 5.69 Å². The van der Waals surface area contributed by atoms with Gasteiger partial charge in [0, 0.05) is 36.3 Å². The van der Waals surface area contributed by atoms with Gasteiger partial charge in [0.15, 0.2) is 0 Å². The Bertz CT molecular complexity index is 916. The third kappa shape index (κ3) is 3.92. The smallest absolute Gasteiger partial charge is 0.255 e. The van der Waals surface area contributed by atoms with Crippen molar-refractivity contribution < 1.29 is 14.3 Å². The van der Waals surface area contributed by atoms with Crippen LogP contribution in [0.2, 0.25) is 0 Å². The Morgan fingerprint density at radius 1 is 0.962 bits per heavy atom. The van der Waals surface area contributed by atoms with E-state index in [1.165, 1.54) is 14.0 Å². The molecule has 1 heterocycles. The summed E-state index contributed by atoms with van der Waals surface area (Å²) < 4.78 is 7.24. The highest BCUT2D eigenvalue weighted by molar-refractivity contribution is 6.05. The molecule has 0 saturated heterocycles. The van der Waals surface area contributed by atoms with E-state index in [4.69, 9.17) is 4.74 Å². The molecule has 0 radical (unpaired) electrons. The van der Waals surface area contributed by atoms with Gasteiger partial charge in [-0.15, -0.1) is 0 Å². The summed E-state index contributed by atoms with van der Waals surface area (Å²) in [6.07, 6.45) is 3.88. The number of carbonyl (C=O) groups is 2. The first-order chi connectivity index (χ1) is 12.6. The van der Waals surface area contributed by atoms with Crippen LogP contribution in [-0.2, 0) is 4.79 Å². The molecule has 0 saturated carbocycles. The maximum Gasteiger partial charge on any atom is 0.255 e. The van der Waals surface area contributed by atoms with E-state index in [-0.39, 0.29) is 11.8 Å². The molecule has 6 nitrogen and oxygen atoms in total. The van der Waals surface area contributed by atoms with E-state index in [2.05, 4.69) is 10.6 Å². The zero-order chi connectivity index (χ0) is 18.5. The van der Waals surface area contributed by atoms with Crippen LogP contribution in [0.5, 0.6) is 5.75 Å². The highest BCUT2D eigenvalue weighted by Crippen LogP contribution is 2.28. The van der Waals surface area contributed by atoms with Crippen molar-refractivity contribution >= 4 is 23.2 Å². The van der Waals surface area contributed by atoms with Gasteiger partial charge in [0.1, 0.15) is 5.75 Å². The molecule has 0 fully saturated rings. The summed E-state index contributed by atoms with van der Waals surface area (Å²) >= 11 is 0. The Labute approximate surface area is 151 Å². The standard InChI is InChI=1S/C20H19N3O3/c1-14(24)21-16-7-10-19(26-2)18(13-16)22-20(25)15-5-8-17(9-6-15)23-11-3-4-12-23/h3-13H,1-2H3,(H,21,24)(H,22,25). The van der Waals surface area contributed by atoms with Crippen molar-refractivity contribution in [2.45, 2.75) is 6.92 Å². The Morgan fingerprint density at radius 3 is 2.27 bits per heavy atom. The van der Waals surface area contributed by atoms with E-state index in [9.17, 15) is 9.59 Å². The van der Waals surface area contributed by atoms with Gasteiger partial charge >= 0.3 is 0 Å². The SMILES string of the molecule is COc1ccc(NC(C)=O)cc1NC(=O)c1ccc(-n2cccc2)cc1. The lowest BCUT2D eigenvalue weighted by atomic mass is 10.1. The van der Waals surface area contributed by atoms with Gasteiger partial charge in [0.2, 0.25) is 5.91 Å². The Morgan fingerprint density at radius 2 is 1.65 bits per heavy atom. The lowest BCUT2D eigenvalue weighted by Gasteiger charge is -2.13. The number of rotatable bonds is 5. The van der Waals surface area contributed by atoms with Crippen molar-refractivity contribution in [3.63, 3.8) is 0 Å². The largest absolute Gasteiger partial charge is 0.495 e. The predicted molar refractivity (Wildman–Crippen MR) is 101 cm³/mol. The van der Waals surface area contributed by atoms with Crippen molar-refractivity contribution in [3.8, 4) is 11.4 Å². The molecule has 26 heavy (non-hydrogen) atoms. The van der Waals surface area contributed by atoms with Crippen molar-refractivity contribution in [2.24, 2.45) is 0 Å². The summed E-state index contributed by atoms with van der Waals surface area (Å²) in [6.45, 7) is 1.43. The zero-order valence-electron chi connectivity index (χ0n) is 14.5. The van der Waals surface area contributed by atoms with E-state index in [1.54, 1.807) is 30.3 Å². The van der Waals surface area contributed by atoms with Crippen LogP contribution in [-0.4, -0.2) is 23.5 Å². The number of hydrogen-bond acceptors (Lipinski definition) is 3. The van der Waals surface area contributed by atoms with Crippen LogP contribution in [0.4, 0.5) is 11.4 Å². The van der Waals surface area contributed by atoms with Crippen LogP contribution < -0.4 is 15.4 Å². The number of amides is 2. The number of methoxy groups -OCH3 is 1. The lowest BCUT2D eigenvalue weighted by molar-refractivity contribution is -0.114. The Balaban J connectivity index is 1.79. The summed E-state index contributed by atoms with van der Waals surface area (Å²) in [6, 6.07) is 16.2. The fourth-order valence-electron chi connectivity index (χ4n) is 2.57. The molecule has 3 rings (SSSR count). The zero-order valence-corrected chi connectivity index (χ0v) is 14.5. The molecule has 2 amide bonds. The van der Waals surface area contributed by atoms with Crippen molar-refractivity contribution in [1.29, 1.82) is 0 Å². The van der Waals surface area contributed by atoms with Crippen molar-refractivity contribution in [1.82, 2.24) is 4.57 Å². The van der Waals surface area contributed by atoms with Gasteiger partial charge in [0.25, 0.3) is 5.91 Å². The summed E-state index contributed by atoms with van der Waals surface area (Å²) in [7, 11) is 1.52. The molecule has 3 aromatic rings. The number of anilines is 2. The summed E-state index contributed by atoms with van der Waals surface area (Å²) in [5.41, 5.74) is 2.56. The Hall–Kier alpha value is -3.54. The van der Waals surface area contributed by atoms with Gasteiger partial charge in [-0.3, -0.25) is 9.59 Å². The maximum absolute atomic E-state index is 12.6. The van der Waals surface area contributed by atoms with Gasteiger partial charge in [0.05, 0.1) is 12.8 Å². The fraction of sp³-hybridized carbons (Fsp3) is 0.100. The van der Waals surface area contributed by atoms with Gasteiger partial charge in [-0.05, 0) is 54.6 Å². The average Bonchev–Trinajstić information content (AvgIpc) is 3.16. The molecule has 0 aliphatic carbocycles. The van der Waals surface area contributed by atoms with Crippen LogP contribution in [0.15, 0.2) is 67.0 Å². The third-order valence-corrected chi connectivity index (χ3v) is 3.80. The molecule has 6 heteroatoms. The summed E-state index contributed by atoms with van der Waals surface area (Å²) in [4.78, 5) is 23.8. The molecule has 2 aromatic carbocycles. The van der Waals surface area contributed by atoms with E-state index < -0.39 is 0 Å². The van der Waals surface area contributed by atoms with Crippen LogP contribution in [0.25, 0.3) is 5.69 Å². The number of hydrogen-bond donors (Lipinski definition) is 2. The normalized spacial score (nSPS) is 10.2. The summed E-state index contributed by atoms with van der Waals surface area (Å²) in [5, 5.41) is 5.51. The van der Waals surface area contributed by atoms with Gasteiger partial charge in [-0.2, -0.15) is 0 Å². The highest BCUT2D eigenvalue weighted by atomic mass is 16.5. The predicted octanol–water partition coefficient (Wildman–Crippen LogP) is 3.70. The first-order valence-corrected chi connectivity index (χ1v) is 8.07. The molecular formula is C20H19N3O3. The molecule has 132 valence electrons. The quantitative estimate of drug-likeness (QED) is 0.738. The first kappa shape index (κ1) is 17.3. The van der Waals surface area contributed by atoms with Crippen LogP contribution >= 0.6 is 0 Å². The van der Waals surface area contributed by atoms with E-state index in [0.29, 0.717) is 22.7 Å². The molecule has 1 aromatic heterocycles. The van der Waals surface area contributed by atoms with Crippen LogP contribution in [0.1, 0.15) is 17.3 Å². The number of aromatic nitrogens is 1. The molecular weight excluding hydrogens is 330 g/mol. The molecule has 0 unspecified atom stereocenters. The lowest BCUT2D eigenvalue weighted by Crippen LogP contribution is -2.13. The molecule has 0 atom stereocenters. The minimum absolute atomic E-state index is 0.187. The molecule has 0 aliphatic heterocycles. The first-order valence-electron chi connectivity index (χ1n) is 8.07. The molecule has 0 aliphatic rings. The third-order valence-electron chi connectivity index (χ3n) is 3.80. The Kier molecular flexibility index (Phi) is 5.03. The second kappa shape index (κ2) is 7.57. The van der Waals surface area contributed by atoms with Crippen LogP contribution in [0, 0.1) is 0 Å². The van der Waals surface area contributed by atoms with Crippen molar-refractivity contribution in [2.75, 3.05) is 17.7 Å². The summed E-state index contributed by atoms with van der Waals surface area (Å²) in [5.74, 6) is 0.0618. The molecule has 0 bridgehead atoms. The minimum Gasteiger partial charge on any atom is -0.495 e. The monoisotopic (exact) mass is 349 g/mol. The van der Waals surface area contributed by atoms with Gasteiger partial charge in [-0.25, -0.2) is 0 Å². The topological polar surface area (TPSA) is 72.4 Å². The number of carbonyl (C=O) groups excluding carboxylic acids is 2. The second-order valence-electron chi connectivity index (χ2n) is 5.69. The van der Waals surface area contributed by atoms with E-state index in [1.807, 2.05) is 41.2 Å². The number of ether oxygens (including phenoxy) is 1. The van der Waals surface area contributed by atoms with Gasteiger partial charge < -0.3 is 19.9 Å². The average molecular weight is 349 g/mol. The highest BCUT2D eigenvalue weighted by Gasteiger charge is 2.11. The maximum atomic E-state index is 12.6.